The Balaban J connectivity index is 2.30. The van der Waals surface area contributed by atoms with E-state index in [4.69, 9.17) is 0 Å². The predicted molar refractivity (Wildman–Crippen MR) is 82.3 cm³/mol. The van der Waals surface area contributed by atoms with E-state index >= 15 is 0 Å². The maximum absolute atomic E-state index is 13.7. The van der Waals surface area contributed by atoms with E-state index in [1.807, 2.05) is 18.7 Å². The second kappa shape index (κ2) is 6.27. The summed E-state index contributed by atoms with van der Waals surface area (Å²) < 4.78 is 13.9. The Hall–Kier alpha value is -0.540. The maximum Gasteiger partial charge on any atom is 0.123 e. The topological polar surface area (TPSA) is 12.0 Å². The first kappa shape index (κ1) is 14.9. The molecule has 106 valence electrons. The molecule has 1 aliphatic heterocycles. The molecule has 0 spiro atoms. The summed E-state index contributed by atoms with van der Waals surface area (Å²) in [4.78, 5) is 0. The van der Waals surface area contributed by atoms with Gasteiger partial charge in [0.05, 0.1) is 0 Å². The molecule has 1 nitrogen and oxygen atoms in total. The zero-order valence-electron chi connectivity index (χ0n) is 12.1. The highest BCUT2D eigenvalue weighted by Gasteiger charge is 2.38. The van der Waals surface area contributed by atoms with Crippen LogP contribution in [-0.4, -0.2) is 17.0 Å². The zero-order chi connectivity index (χ0) is 13.9. The van der Waals surface area contributed by atoms with E-state index in [0.717, 1.165) is 24.1 Å². The van der Waals surface area contributed by atoms with Crippen LogP contribution in [-0.2, 0) is 0 Å². The Morgan fingerprint density at radius 1 is 1.42 bits per heavy atom. The SMILES string of the molecule is CCCNC(c1cc(C)cc(F)c1)C1(C)CCCS1. The molecule has 0 aromatic heterocycles. The van der Waals surface area contributed by atoms with E-state index in [0.29, 0.717) is 0 Å². The fourth-order valence-corrected chi connectivity index (χ4v) is 4.36. The van der Waals surface area contributed by atoms with Crippen molar-refractivity contribution in [3.05, 3.63) is 35.1 Å². The molecular weight excluding hydrogens is 257 g/mol. The molecule has 1 fully saturated rings. The van der Waals surface area contributed by atoms with Crippen molar-refractivity contribution in [2.45, 2.75) is 50.8 Å². The normalized spacial score (nSPS) is 24.6. The molecule has 3 heteroatoms. The van der Waals surface area contributed by atoms with Crippen molar-refractivity contribution < 1.29 is 4.39 Å². The minimum atomic E-state index is -0.120. The predicted octanol–water partition coefficient (Wildman–Crippen LogP) is 4.46. The molecule has 1 N–H and O–H groups in total. The molecule has 2 unspecified atom stereocenters. The molecular formula is C16H24FNS. The molecule has 0 saturated carbocycles. The summed E-state index contributed by atoms with van der Waals surface area (Å²) in [5.74, 6) is 1.10. The molecule has 1 aromatic carbocycles. The van der Waals surface area contributed by atoms with Gasteiger partial charge in [0.2, 0.25) is 0 Å². The largest absolute Gasteiger partial charge is 0.309 e. The molecule has 1 heterocycles. The first-order valence-corrected chi connectivity index (χ1v) is 8.18. The minimum Gasteiger partial charge on any atom is -0.309 e. The highest BCUT2D eigenvalue weighted by Crippen LogP contribution is 2.46. The summed E-state index contributed by atoms with van der Waals surface area (Å²) in [6.07, 6.45) is 3.57. The van der Waals surface area contributed by atoms with Gasteiger partial charge >= 0.3 is 0 Å². The number of hydrogen-bond acceptors (Lipinski definition) is 2. The van der Waals surface area contributed by atoms with Crippen LogP contribution in [0.2, 0.25) is 0 Å². The molecule has 1 saturated heterocycles. The maximum atomic E-state index is 13.7. The molecule has 0 bridgehead atoms. The summed E-state index contributed by atoms with van der Waals surface area (Å²) in [6.45, 7) is 7.44. The Bertz CT molecular complexity index is 407. The van der Waals surface area contributed by atoms with Gasteiger partial charge in [0.25, 0.3) is 0 Å². The molecule has 1 aromatic rings. The van der Waals surface area contributed by atoms with E-state index in [9.17, 15) is 4.39 Å². The third-order valence-electron chi connectivity index (χ3n) is 3.86. The summed E-state index contributed by atoms with van der Waals surface area (Å²) in [6, 6.07) is 5.67. The van der Waals surface area contributed by atoms with E-state index < -0.39 is 0 Å². The number of thioether (sulfide) groups is 1. The van der Waals surface area contributed by atoms with Crippen LogP contribution >= 0.6 is 11.8 Å². The summed E-state index contributed by atoms with van der Waals surface area (Å²) in [5, 5.41) is 3.64. The lowest BCUT2D eigenvalue weighted by molar-refractivity contribution is 0.411. The fraction of sp³-hybridized carbons (Fsp3) is 0.625. The molecule has 2 rings (SSSR count). The van der Waals surface area contributed by atoms with Gasteiger partial charge in [0, 0.05) is 10.8 Å². The molecule has 0 aliphatic carbocycles. The number of nitrogens with one attached hydrogen (secondary N) is 1. The monoisotopic (exact) mass is 281 g/mol. The van der Waals surface area contributed by atoms with Crippen molar-refractivity contribution in [2.24, 2.45) is 0 Å². The van der Waals surface area contributed by atoms with Crippen molar-refractivity contribution in [1.29, 1.82) is 0 Å². The highest BCUT2D eigenvalue weighted by molar-refractivity contribution is 8.00. The average Bonchev–Trinajstić information content (AvgIpc) is 2.76. The Morgan fingerprint density at radius 2 is 2.21 bits per heavy atom. The fourth-order valence-electron chi connectivity index (χ4n) is 2.93. The van der Waals surface area contributed by atoms with Gasteiger partial charge in [0.1, 0.15) is 5.82 Å². The number of aryl methyl sites for hydroxylation is 1. The smallest absolute Gasteiger partial charge is 0.123 e. The third-order valence-corrected chi connectivity index (χ3v) is 5.45. The van der Waals surface area contributed by atoms with E-state index in [-0.39, 0.29) is 16.6 Å². The average molecular weight is 281 g/mol. The quantitative estimate of drug-likeness (QED) is 0.855. The van der Waals surface area contributed by atoms with Gasteiger partial charge in [-0.05, 0) is 68.7 Å². The van der Waals surface area contributed by atoms with Crippen LogP contribution in [0.4, 0.5) is 4.39 Å². The van der Waals surface area contributed by atoms with Crippen molar-refractivity contribution >= 4 is 11.8 Å². The molecule has 1 aliphatic rings. The van der Waals surface area contributed by atoms with Gasteiger partial charge < -0.3 is 5.32 Å². The van der Waals surface area contributed by atoms with Crippen molar-refractivity contribution in [3.63, 3.8) is 0 Å². The molecule has 0 radical (unpaired) electrons. The van der Waals surface area contributed by atoms with Crippen LogP contribution in [0.15, 0.2) is 18.2 Å². The summed E-state index contributed by atoms with van der Waals surface area (Å²) in [5.41, 5.74) is 2.10. The van der Waals surface area contributed by atoms with Gasteiger partial charge in [0.15, 0.2) is 0 Å². The minimum absolute atomic E-state index is 0.120. The lowest BCUT2D eigenvalue weighted by Gasteiger charge is -2.35. The number of benzene rings is 1. The highest BCUT2D eigenvalue weighted by atomic mass is 32.2. The van der Waals surface area contributed by atoms with Crippen molar-refractivity contribution in [1.82, 2.24) is 5.32 Å². The van der Waals surface area contributed by atoms with Gasteiger partial charge in [-0.25, -0.2) is 4.39 Å². The van der Waals surface area contributed by atoms with E-state index in [1.54, 1.807) is 12.1 Å². The van der Waals surface area contributed by atoms with Crippen LogP contribution in [0.3, 0.4) is 0 Å². The van der Waals surface area contributed by atoms with Gasteiger partial charge in [-0.3, -0.25) is 0 Å². The number of halogens is 1. The molecule has 19 heavy (non-hydrogen) atoms. The van der Waals surface area contributed by atoms with Crippen LogP contribution < -0.4 is 5.32 Å². The lowest BCUT2D eigenvalue weighted by Crippen LogP contribution is -2.38. The Morgan fingerprint density at radius 3 is 2.79 bits per heavy atom. The van der Waals surface area contributed by atoms with Crippen LogP contribution in [0.25, 0.3) is 0 Å². The lowest BCUT2D eigenvalue weighted by atomic mass is 9.89. The third kappa shape index (κ3) is 3.51. The van der Waals surface area contributed by atoms with E-state index in [1.165, 1.54) is 18.6 Å². The van der Waals surface area contributed by atoms with Gasteiger partial charge in [-0.15, -0.1) is 0 Å². The second-order valence-electron chi connectivity index (χ2n) is 5.71. The van der Waals surface area contributed by atoms with Gasteiger partial charge in [-0.1, -0.05) is 13.0 Å². The zero-order valence-corrected chi connectivity index (χ0v) is 12.9. The van der Waals surface area contributed by atoms with Crippen LogP contribution in [0.5, 0.6) is 0 Å². The standard InChI is InChI=1S/C16H24FNS/c1-4-7-18-15(16(3)6-5-8-19-16)13-9-12(2)10-14(17)11-13/h9-11,15,18H,4-8H2,1-3H3. The molecule has 0 amide bonds. The van der Waals surface area contributed by atoms with Crippen molar-refractivity contribution in [2.75, 3.05) is 12.3 Å². The Labute approximate surface area is 120 Å². The molecule has 2 atom stereocenters. The van der Waals surface area contributed by atoms with Crippen molar-refractivity contribution in [3.8, 4) is 0 Å². The van der Waals surface area contributed by atoms with E-state index in [2.05, 4.69) is 25.2 Å². The Kier molecular flexibility index (Phi) is 4.91. The van der Waals surface area contributed by atoms with Crippen LogP contribution in [0.1, 0.15) is 50.3 Å². The van der Waals surface area contributed by atoms with Gasteiger partial charge in [-0.2, -0.15) is 11.8 Å². The number of rotatable bonds is 5. The first-order valence-electron chi connectivity index (χ1n) is 7.19. The second-order valence-corrected chi connectivity index (χ2v) is 7.34. The summed E-state index contributed by atoms with van der Waals surface area (Å²) >= 11 is 2.02. The first-order chi connectivity index (χ1) is 9.05. The van der Waals surface area contributed by atoms with Crippen LogP contribution in [0, 0.1) is 12.7 Å². The summed E-state index contributed by atoms with van der Waals surface area (Å²) in [7, 11) is 0. The number of hydrogen-bond donors (Lipinski definition) is 1.